The summed E-state index contributed by atoms with van der Waals surface area (Å²) in [6.45, 7) is 0. The lowest BCUT2D eigenvalue weighted by atomic mass is 10.1. The number of rotatable bonds is 4. The van der Waals surface area contributed by atoms with Crippen molar-refractivity contribution in [2.24, 2.45) is 0 Å². The van der Waals surface area contributed by atoms with Crippen molar-refractivity contribution in [2.45, 2.75) is 11.3 Å². The molecule has 0 spiro atoms. The molecule has 2 nitrogen and oxygen atoms in total. The number of nitrogens with zero attached hydrogens (tertiary/aromatic N) is 1. The van der Waals surface area contributed by atoms with Gasteiger partial charge in [0.05, 0.1) is 5.69 Å². The third-order valence-electron chi connectivity index (χ3n) is 4.95. The lowest BCUT2D eigenvalue weighted by Gasteiger charge is -2.12. The molecule has 0 bridgehead atoms. The van der Waals surface area contributed by atoms with E-state index in [2.05, 4.69) is 6.07 Å². The highest BCUT2D eigenvalue weighted by molar-refractivity contribution is 7.99. The van der Waals surface area contributed by atoms with Gasteiger partial charge in [0.25, 0.3) is 0 Å². The lowest BCUT2D eigenvalue weighted by Crippen LogP contribution is -1.96. The number of fused-ring (bicyclic) bond motifs is 3. The maximum atomic E-state index is 14.0. The van der Waals surface area contributed by atoms with E-state index in [9.17, 15) is 4.39 Å². The van der Waals surface area contributed by atoms with Gasteiger partial charge in [-0.1, -0.05) is 48.5 Å². The lowest BCUT2D eigenvalue weighted by molar-refractivity contribution is 0.487. The van der Waals surface area contributed by atoms with Crippen LogP contribution in [0.5, 0.6) is 11.5 Å². The van der Waals surface area contributed by atoms with Crippen LogP contribution in [-0.4, -0.2) is 10.7 Å². The van der Waals surface area contributed by atoms with E-state index < -0.39 is 0 Å². The van der Waals surface area contributed by atoms with E-state index in [1.165, 1.54) is 16.5 Å². The zero-order chi connectivity index (χ0) is 19.6. The van der Waals surface area contributed by atoms with Gasteiger partial charge in [0, 0.05) is 21.6 Å². The average Bonchev–Trinajstić information content (AvgIpc) is 3.25. The summed E-state index contributed by atoms with van der Waals surface area (Å²) in [4.78, 5) is 6.19. The average molecular weight is 399 g/mol. The Labute approximate surface area is 173 Å². The highest BCUT2D eigenvalue weighted by Crippen LogP contribution is 2.41. The maximum absolute atomic E-state index is 14.0. The molecule has 0 unspecified atom stereocenters. The smallest absolute Gasteiger partial charge is 0.153 e. The van der Waals surface area contributed by atoms with Crippen molar-refractivity contribution in [2.75, 3.05) is 5.75 Å². The van der Waals surface area contributed by atoms with Gasteiger partial charge >= 0.3 is 0 Å². The van der Waals surface area contributed by atoms with Gasteiger partial charge in [-0.3, -0.25) is 0 Å². The molecule has 0 aliphatic carbocycles. The van der Waals surface area contributed by atoms with E-state index in [0.29, 0.717) is 5.56 Å². The maximum Gasteiger partial charge on any atom is 0.153 e. The van der Waals surface area contributed by atoms with Gasteiger partial charge in [0.15, 0.2) is 5.75 Å². The number of pyridine rings is 1. The zero-order valence-corrected chi connectivity index (χ0v) is 16.5. The third-order valence-corrected chi connectivity index (χ3v) is 6.12. The molecule has 1 aliphatic heterocycles. The van der Waals surface area contributed by atoms with Crippen LogP contribution < -0.4 is 4.74 Å². The van der Waals surface area contributed by atoms with Gasteiger partial charge < -0.3 is 4.74 Å². The molecule has 4 aromatic rings. The van der Waals surface area contributed by atoms with Gasteiger partial charge in [0.2, 0.25) is 0 Å². The van der Waals surface area contributed by atoms with E-state index in [4.69, 9.17) is 9.72 Å². The Balaban J connectivity index is 1.63. The Morgan fingerprint density at radius 3 is 2.59 bits per heavy atom. The van der Waals surface area contributed by atoms with E-state index in [1.807, 2.05) is 66.4 Å². The van der Waals surface area contributed by atoms with Crippen LogP contribution in [0, 0.1) is 5.82 Å². The van der Waals surface area contributed by atoms with Crippen LogP contribution in [0.15, 0.2) is 77.7 Å². The number of hydrogen-bond acceptors (Lipinski definition) is 3. The van der Waals surface area contributed by atoms with Gasteiger partial charge in [-0.15, -0.1) is 11.8 Å². The van der Waals surface area contributed by atoms with Gasteiger partial charge in [-0.2, -0.15) is 0 Å². The molecule has 0 radical (unpaired) electrons. The second-order valence-electron chi connectivity index (χ2n) is 6.83. The normalized spacial score (nSPS) is 13.1. The Morgan fingerprint density at radius 1 is 0.897 bits per heavy atom. The first-order chi connectivity index (χ1) is 14.3. The third kappa shape index (κ3) is 3.52. The minimum absolute atomic E-state index is 0.233. The molecule has 142 valence electrons. The molecule has 2 heterocycles. The summed E-state index contributed by atoms with van der Waals surface area (Å²) in [7, 11) is 0. The molecule has 1 aliphatic rings. The first-order valence-electron chi connectivity index (χ1n) is 9.53. The molecule has 0 atom stereocenters. The van der Waals surface area contributed by atoms with Crippen molar-refractivity contribution >= 4 is 34.8 Å². The van der Waals surface area contributed by atoms with Crippen molar-refractivity contribution < 1.29 is 9.13 Å². The molecular formula is C25H18FNOS. The number of halogens is 1. The van der Waals surface area contributed by atoms with Crippen LogP contribution in [0.25, 0.3) is 23.1 Å². The van der Waals surface area contributed by atoms with Crippen molar-refractivity contribution in [3.8, 4) is 11.5 Å². The zero-order valence-electron chi connectivity index (χ0n) is 15.6. The second kappa shape index (κ2) is 7.72. The molecular weight excluding hydrogens is 381 g/mol. The van der Waals surface area contributed by atoms with E-state index >= 15 is 0 Å². The molecule has 3 aromatic carbocycles. The Bertz CT molecular complexity index is 1220. The molecule has 4 heteroatoms. The first kappa shape index (κ1) is 18.0. The highest BCUT2D eigenvalue weighted by atomic mass is 32.2. The van der Waals surface area contributed by atoms with Crippen LogP contribution >= 0.6 is 11.8 Å². The second-order valence-corrected chi connectivity index (χ2v) is 7.93. The predicted octanol–water partition coefficient (Wildman–Crippen LogP) is 6.98. The summed E-state index contributed by atoms with van der Waals surface area (Å²) in [6, 6.07) is 22.5. The summed E-state index contributed by atoms with van der Waals surface area (Å²) in [6.07, 6.45) is 4.68. The summed E-state index contributed by atoms with van der Waals surface area (Å²) in [5.41, 5.74) is 3.50. The minimum Gasteiger partial charge on any atom is -0.455 e. The number of benzene rings is 3. The van der Waals surface area contributed by atoms with Gasteiger partial charge in [0.1, 0.15) is 17.1 Å². The minimum atomic E-state index is -0.233. The van der Waals surface area contributed by atoms with Gasteiger partial charge in [-0.05, 0) is 48.4 Å². The van der Waals surface area contributed by atoms with Crippen LogP contribution in [0.2, 0.25) is 0 Å². The summed E-state index contributed by atoms with van der Waals surface area (Å²) < 4.78 is 20.2. The summed E-state index contributed by atoms with van der Waals surface area (Å²) in [5.74, 6) is 2.30. The summed E-state index contributed by atoms with van der Waals surface area (Å²) in [5, 5.41) is 1.11. The van der Waals surface area contributed by atoms with Crippen LogP contribution in [-0.2, 0) is 6.42 Å². The topological polar surface area (TPSA) is 22.1 Å². The number of ether oxygens (including phenoxy) is 1. The molecule has 0 amide bonds. The molecule has 1 aromatic heterocycles. The molecule has 0 saturated heterocycles. The Morgan fingerprint density at radius 2 is 1.72 bits per heavy atom. The van der Waals surface area contributed by atoms with Crippen molar-refractivity contribution in [1.82, 2.24) is 4.98 Å². The van der Waals surface area contributed by atoms with Crippen LogP contribution in [0.1, 0.15) is 16.8 Å². The number of hydrogen-bond donors (Lipinski definition) is 0. The molecule has 0 saturated carbocycles. The van der Waals surface area contributed by atoms with E-state index in [0.717, 1.165) is 40.3 Å². The Hall–Kier alpha value is -3.11. The van der Waals surface area contributed by atoms with Crippen LogP contribution in [0.3, 0.4) is 0 Å². The van der Waals surface area contributed by atoms with Crippen molar-refractivity contribution in [3.05, 3.63) is 95.4 Å². The van der Waals surface area contributed by atoms with E-state index in [-0.39, 0.29) is 5.82 Å². The Kier molecular flexibility index (Phi) is 4.78. The fourth-order valence-corrected chi connectivity index (χ4v) is 4.78. The van der Waals surface area contributed by atoms with Crippen molar-refractivity contribution in [3.63, 3.8) is 0 Å². The number of para-hydroxylation sites is 2. The largest absolute Gasteiger partial charge is 0.455 e. The summed E-state index contributed by atoms with van der Waals surface area (Å²) >= 11 is 1.85. The fraction of sp³-hybridized carbons (Fsp3) is 0.0800. The number of thioether (sulfide) groups is 1. The fourth-order valence-electron chi connectivity index (χ4n) is 3.56. The van der Waals surface area contributed by atoms with Crippen LogP contribution in [0.4, 0.5) is 4.39 Å². The molecule has 0 N–H and O–H groups in total. The molecule has 29 heavy (non-hydrogen) atoms. The SMILES string of the molecule is Fc1ccccc1/C=C/c1nc2c(Oc3ccccc3)cccc2c2c1CCS2. The van der Waals surface area contributed by atoms with Crippen molar-refractivity contribution in [1.29, 1.82) is 0 Å². The monoisotopic (exact) mass is 399 g/mol. The molecule has 0 fully saturated rings. The number of aromatic nitrogens is 1. The molecule has 5 rings (SSSR count). The first-order valence-corrected chi connectivity index (χ1v) is 10.5. The van der Waals surface area contributed by atoms with Gasteiger partial charge in [-0.25, -0.2) is 9.37 Å². The quantitative estimate of drug-likeness (QED) is 0.369. The van der Waals surface area contributed by atoms with E-state index in [1.54, 1.807) is 18.2 Å². The highest BCUT2D eigenvalue weighted by Gasteiger charge is 2.21. The standard InChI is InChI=1S/C25H18FNOS/c26-21-11-5-4-7-17(21)13-14-22-19-15-16-29-25(19)20-10-6-12-23(24(20)27-22)28-18-8-2-1-3-9-18/h1-14H,15-16H2/b14-13+. The predicted molar refractivity (Wildman–Crippen MR) is 118 cm³/mol.